The monoisotopic (exact) mass is 199 g/mol. The molecule has 0 fully saturated rings. The molecule has 0 aliphatic heterocycles. The van der Waals surface area contributed by atoms with Gasteiger partial charge in [-0.05, 0) is 12.1 Å². The topological polar surface area (TPSA) is 80.5 Å². The number of pyridine rings is 1. The van der Waals surface area contributed by atoms with Crippen LogP contribution in [0.4, 0.5) is 0 Å². The second kappa shape index (κ2) is 3.90. The van der Waals surface area contributed by atoms with E-state index in [1.54, 1.807) is 23.0 Å². The maximum atomic E-state index is 8.61. The summed E-state index contributed by atoms with van der Waals surface area (Å²) in [6.45, 7) is 0.455. The first-order valence-electron chi connectivity index (χ1n) is 4.43. The molecule has 0 aromatic carbocycles. The number of aromatic nitrogens is 3. The van der Waals surface area contributed by atoms with E-state index in [2.05, 4.69) is 10.1 Å². The van der Waals surface area contributed by atoms with Crippen LogP contribution in [0.1, 0.15) is 11.1 Å². The fourth-order valence-corrected chi connectivity index (χ4v) is 1.18. The maximum Gasteiger partial charge on any atom is 0.153 e. The Balaban J connectivity index is 2.33. The zero-order valence-corrected chi connectivity index (χ0v) is 7.96. The summed E-state index contributed by atoms with van der Waals surface area (Å²) in [5.74, 6) is 0.675. The second-order valence-corrected chi connectivity index (χ2v) is 3.01. The highest BCUT2D eigenvalue weighted by atomic mass is 15.3. The van der Waals surface area contributed by atoms with Crippen LogP contribution in [0.15, 0.2) is 30.7 Å². The average Bonchev–Trinajstić information content (AvgIpc) is 2.78. The van der Waals surface area contributed by atoms with Crippen molar-refractivity contribution in [1.29, 1.82) is 5.26 Å². The standard InChI is InChI=1S/C10H9N5/c11-3-8-1-2-10(13-5-8)15-7-9(4-12)6-14-15/h1-2,5-7H,4,12H2. The van der Waals surface area contributed by atoms with E-state index in [0.717, 1.165) is 5.56 Å². The molecule has 0 bridgehead atoms. The zero-order chi connectivity index (χ0) is 10.7. The van der Waals surface area contributed by atoms with Crippen LogP contribution in [0.25, 0.3) is 5.82 Å². The highest BCUT2D eigenvalue weighted by molar-refractivity contribution is 5.31. The molecule has 5 nitrogen and oxygen atoms in total. The number of nitriles is 1. The number of hydrogen-bond donors (Lipinski definition) is 1. The first-order valence-corrected chi connectivity index (χ1v) is 4.43. The van der Waals surface area contributed by atoms with Gasteiger partial charge in [0.25, 0.3) is 0 Å². The van der Waals surface area contributed by atoms with Gasteiger partial charge in [-0.15, -0.1) is 0 Å². The van der Waals surface area contributed by atoms with Crippen molar-refractivity contribution in [2.75, 3.05) is 0 Å². The Hall–Kier alpha value is -2.19. The van der Waals surface area contributed by atoms with Crippen molar-refractivity contribution >= 4 is 0 Å². The molecule has 0 radical (unpaired) electrons. The molecule has 2 aromatic heterocycles. The fraction of sp³-hybridized carbons (Fsp3) is 0.100. The van der Waals surface area contributed by atoms with Gasteiger partial charge in [0.05, 0.1) is 11.8 Å². The normalized spacial score (nSPS) is 9.87. The van der Waals surface area contributed by atoms with Crippen LogP contribution >= 0.6 is 0 Å². The predicted octanol–water partition coefficient (Wildman–Crippen LogP) is 0.598. The molecular formula is C10H9N5. The van der Waals surface area contributed by atoms with Crippen LogP contribution in [-0.4, -0.2) is 14.8 Å². The number of hydrogen-bond acceptors (Lipinski definition) is 4. The molecule has 2 rings (SSSR count). The van der Waals surface area contributed by atoms with Gasteiger partial charge < -0.3 is 5.73 Å². The minimum absolute atomic E-state index is 0.455. The summed E-state index contributed by atoms with van der Waals surface area (Å²) in [5, 5.41) is 12.7. The lowest BCUT2D eigenvalue weighted by atomic mass is 10.3. The summed E-state index contributed by atoms with van der Waals surface area (Å²) in [4.78, 5) is 4.10. The van der Waals surface area contributed by atoms with Crippen molar-refractivity contribution in [3.05, 3.63) is 41.9 Å². The third-order valence-electron chi connectivity index (χ3n) is 1.98. The number of nitrogens with zero attached hydrogens (tertiary/aromatic N) is 4. The van der Waals surface area contributed by atoms with Crippen molar-refractivity contribution in [2.24, 2.45) is 5.73 Å². The van der Waals surface area contributed by atoms with Crippen molar-refractivity contribution in [2.45, 2.75) is 6.54 Å². The van der Waals surface area contributed by atoms with Crippen molar-refractivity contribution in [3.63, 3.8) is 0 Å². The van der Waals surface area contributed by atoms with Crippen molar-refractivity contribution in [3.8, 4) is 11.9 Å². The van der Waals surface area contributed by atoms with Crippen LogP contribution in [0.2, 0.25) is 0 Å². The Morgan fingerprint density at radius 1 is 1.40 bits per heavy atom. The molecular weight excluding hydrogens is 190 g/mol. The minimum Gasteiger partial charge on any atom is -0.326 e. The summed E-state index contributed by atoms with van der Waals surface area (Å²) in [5.41, 5.74) is 6.95. The summed E-state index contributed by atoms with van der Waals surface area (Å²) in [6.07, 6.45) is 5.02. The molecule has 0 spiro atoms. The number of nitrogens with two attached hydrogens (primary N) is 1. The van der Waals surface area contributed by atoms with E-state index in [-0.39, 0.29) is 0 Å². The van der Waals surface area contributed by atoms with Crippen LogP contribution < -0.4 is 5.73 Å². The highest BCUT2D eigenvalue weighted by Crippen LogP contribution is 2.05. The molecule has 5 heteroatoms. The van der Waals surface area contributed by atoms with Crippen LogP contribution in [-0.2, 0) is 6.54 Å². The van der Waals surface area contributed by atoms with Crippen molar-refractivity contribution in [1.82, 2.24) is 14.8 Å². The molecule has 0 amide bonds. The lowest BCUT2D eigenvalue weighted by Gasteiger charge is -1.98. The Bertz CT molecular complexity index is 491. The first kappa shape index (κ1) is 9.37. The third kappa shape index (κ3) is 1.85. The van der Waals surface area contributed by atoms with Crippen LogP contribution in [0.3, 0.4) is 0 Å². The van der Waals surface area contributed by atoms with Gasteiger partial charge in [-0.2, -0.15) is 10.4 Å². The average molecular weight is 199 g/mol. The molecule has 0 unspecified atom stereocenters. The van der Waals surface area contributed by atoms with Crippen molar-refractivity contribution < 1.29 is 0 Å². The van der Waals surface area contributed by atoms with E-state index < -0.39 is 0 Å². The van der Waals surface area contributed by atoms with E-state index in [4.69, 9.17) is 11.0 Å². The molecule has 15 heavy (non-hydrogen) atoms. The minimum atomic E-state index is 0.455. The molecule has 74 valence electrons. The van der Waals surface area contributed by atoms with Gasteiger partial charge in [0.1, 0.15) is 6.07 Å². The van der Waals surface area contributed by atoms with Gasteiger partial charge in [-0.1, -0.05) is 0 Å². The SMILES string of the molecule is N#Cc1ccc(-n2cc(CN)cn2)nc1. The Kier molecular flexibility index (Phi) is 2.44. The summed E-state index contributed by atoms with van der Waals surface area (Å²) < 4.78 is 1.63. The van der Waals surface area contributed by atoms with Crippen LogP contribution in [0.5, 0.6) is 0 Å². The smallest absolute Gasteiger partial charge is 0.153 e. The summed E-state index contributed by atoms with van der Waals surface area (Å²) in [7, 11) is 0. The van der Waals surface area contributed by atoms with Gasteiger partial charge in [-0.3, -0.25) is 0 Å². The van der Waals surface area contributed by atoms with E-state index in [0.29, 0.717) is 17.9 Å². The highest BCUT2D eigenvalue weighted by Gasteiger charge is 2.00. The predicted molar refractivity (Wildman–Crippen MR) is 54.0 cm³/mol. The summed E-state index contributed by atoms with van der Waals surface area (Å²) in [6, 6.07) is 5.45. The Morgan fingerprint density at radius 2 is 2.27 bits per heavy atom. The lowest BCUT2D eigenvalue weighted by molar-refractivity contribution is 0.845. The van der Waals surface area contributed by atoms with E-state index in [1.165, 1.54) is 6.20 Å². The molecule has 2 aromatic rings. The maximum absolute atomic E-state index is 8.61. The molecule has 0 aliphatic carbocycles. The lowest BCUT2D eigenvalue weighted by Crippen LogP contribution is -1.98. The Morgan fingerprint density at radius 3 is 2.80 bits per heavy atom. The van der Waals surface area contributed by atoms with Gasteiger partial charge in [0.2, 0.25) is 0 Å². The number of rotatable bonds is 2. The molecule has 2 heterocycles. The van der Waals surface area contributed by atoms with E-state index in [1.807, 2.05) is 12.3 Å². The van der Waals surface area contributed by atoms with E-state index in [9.17, 15) is 0 Å². The quantitative estimate of drug-likeness (QED) is 0.767. The second-order valence-electron chi connectivity index (χ2n) is 3.01. The molecule has 0 aliphatic rings. The summed E-state index contributed by atoms with van der Waals surface area (Å²) >= 11 is 0. The first-order chi connectivity index (χ1) is 7.33. The zero-order valence-electron chi connectivity index (χ0n) is 7.96. The molecule has 0 saturated heterocycles. The molecule has 0 saturated carbocycles. The van der Waals surface area contributed by atoms with Gasteiger partial charge in [0.15, 0.2) is 5.82 Å². The fourth-order valence-electron chi connectivity index (χ4n) is 1.18. The van der Waals surface area contributed by atoms with Crippen LogP contribution in [0, 0.1) is 11.3 Å². The largest absolute Gasteiger partial charge is 0.326 e. The molecule has 0 atom stereocenters. The Labute approximate surface area is 86.8 Å². The van der Waals surface area contributed by atoms with Gasteiger partial charge in [-0.25, -0.2) is 9.67 Å². The van der Waals surface area contributed by atoms with E-state index >= 15 is 0 Å². The third-order valence-corrected chi connectivity index (χ3v) is 1.98. The van der Waals surface area contributed by atoms with Gasteiger partial charge in [0, 0.05) is 24.5 Å². The van der Waals surface area contributed by atoms with Gasteiger partial charge >= 0.3 is 0 Å². The molecule has 2 N–H and O–H groups in total.